The van der Waals surface area contributed by atoms with Gasteiger partial charge in [0.05, 0.1) is 17.4 Å². The van der Waals surface area contributed by atoms with Crippen molar-refractivity contribution in [3.63, 3.8) is 0 Å². The zero-order valence-electron chi connectivity index (χ0n) is 20.2. The van der Waals surface area contributed by atoms with E-state index in [0.717, 1.165) is 30.6 Å². The smallest absolute Gasteiger partial charge is 0.249 e. The van der Waals surface area contributed by atoms with E-state index in [-0.39, 0.29) is 5.91 Å². The SMILES string of the molecule is CC(=O)Nc1ccc(NCC2C=C(C)C(Cc3nnc(-c4cccnc4)o3)CC2C(C)C)cn1. The van der Waals surface area contributed by atoms with Gasteiger partial charge >= 0.3 is 0 Å². The molecule has 3 aromatic rings. The number of carbonyl (C=O) groups excluding carboxylic acids is 1. The molecule has 0 bridgehead atoms. The lowest BCUT2D eigenvalue weighted by Gasteiger charge is -2.37. The molecule has 0 spiro atoms. The predicted octanol–water partition coefficient (Wildman–Crippen LogP) is 4.99. The zero-order chi connectivity index (χ0) is 24.1. The summed E-state index contributed by atoms with van der Waals surface area (Å²) >= 11 is 0. The maximum Gasteiger partial charge on any atom is 0.249 e. The number of hydrogen-bond acceptors (Lipinski definition) is 7. The maximum absolute atomic E-state index is 11.2. The van der Waals surface area contributed by atoms with Crippen molar-refractivity contribution in [1.29, 1.82) is 0 Å². The van der Waals surface area contributed by atoms with Crippen molar-refractivity contribution in [3.8, 4) is 11.5 Å². The van der Waals surface area contributed by atoms with E-state index in [2.05, 4.69) is 57.6 Å². The number of nitrogens with one attached hydrogen (secondary N) is 2. The van der Waals surface area contributed by atoms with Crippen LogP contribution in [-0.2, 0) is 11.2 Å². The Hall–Kier alpha value is -3.55. The summed E-state index contributed by atoms with van der Waals surface area (Å²) in [5, 5.41) is 14.7. The van der Waals surface area contributed by atoms with Crippen molar-refractivity contribution in [2.24, 2.45) is 23.7 Å². The lowest BCUT2D eigenvalue weighted by atomic mass is 9.70. The first-order chi connectivity index (χ1) is 16.4. The molecule has 0 fully saturated rings. The summed E-state index contributed by atoms with van der Waals surface area (Å²) in [5.74, 6) is 3.49. The fraction of sp³-hybridized carbons (Fsp3) is 0.423. The van der Waals surface area contributed by atoms with Crippen LogP contribution >= 0.6 is 0 Å². The minimum Gasteiger partial charge on any atom is -0.421 e. The van der Waals surface area contributed by atoms with E-state index in [1.165, 1.54) is 12.5 Å². The van der Waals surface area contributed by atoms with Crippen LogP contribution in [-0.4, -0.2) is 32.6 Å². The Morgan fingerprint density at radius 1 is 1.21 bits per heavy atom. The number of allylic oxidation sites excluding steroid dienone is 1. The fourth-order valence-electron chi connectivity index (χ4n) is 4.65. The molecule has 0 aliphatic heterocycles. The van der Waals surface area contributed by atoms with Crippen LogP contribution < -0.4 is 10.6 Å². The molecule has 2 N–H and O–H groups in total. The van der Waals surface area contributed by atoms with Gasteiger partial charge in [-0.2, -0.15) is 0 Å². The number of pyridine rings is 2. The molecule has 0 saturated carbocycles. The second kappa shape index (κ2) is 10.6. The standard InChI is InChI=1S/C26H32N6O2/c1-16(2)23-11-20(12-25-31-32-26(34-25)19-6-5-9-27-13-19)17(3)10-21(23)14-28-22-7-8-24(29-15-22)30-18(4)33/h5-10,13,15-16,20-21,23,28H,11-12,14H2,1-4H3,(H,29,30,33). The maximum atomic E-state index is 11.2. The monoisotopic (exact) mass is 460 g/mol. The summed E-state index contributed by atoms with van der Waals surface area (Å²) in [4.78, 5) is 19.6. The van der Waals surface area contributed by atoms with Gasteiger partial charge in [-0.15, -0.1) is 10.2 Å². The van der Waals surface area contributed by atoms with E-state index >= 15 is 0 Å². The molecule has 3 heterocycles. The average Bonchev–Trinajstić information content (AvgIpc) is 3.29. The Bertz CT molecular complexity index is 1120. The van der Waals surface area contributed by atoms with Gasteiger partial charge in [-0.25, -0.2) is 4.98 Å². The summed E-state index contributed by atoms with van der Waals surface area (Å²) < 4.78 is 5.95. The van der Waals surface area contributed by atoms with Crippen LogP contribution in [0.25, 0.3) is 11.5 Å². The Kier molecular flexibility index (Phi) is 7.35. The van der Waals surface area contributed by atoms with Crippen LogP contribution in [0.15, 0.2) is 58.9 Å². The first-order valence-corrected chi connectivity index (χ1v) is 11.8. The zero-order valence-corrected chi connectivity index (χ0v) is 20.2. The normalized spacial score (nSPS) is 20.1. The van der Waals surface area contributed by atoms with E-state index < -0.39 is 0 Å². The molecule has 1 aliphatic rings. The summed E-state index contributed by atoms with van der Waals surface area (Å²) in [7, 11) is 0. The first-order valence-electron chi connectivity index (χ1n) is 11.8. The summed E-state index contributed by atoms with van der Waals surface area (Å²) in [5.41, 5.74) is 3.14. The van der Waals surface area contributed by atoms with Crippen LogP contribution in [0.2, 0.25) is 0 Å². The molecule has 8 heteroatoms. The minimum atomic E-state index is -0.126. The topological polar surface area (TPSA) is 106 Å². The van der Waals surface area contributed by atoms with Gasteiger partial charge in [-0.3, -0.25) is 9.78 Å². The van der Waals surface area contributed by atoms with Crippen molar-refractivity contribution in [1.82, 2.24) is 20.2 Å². The Morgan fingerprint density at radius 2 is 2.06 bits per heavy atom. The highest BCUT2D eigenvalue weighted by molar-refractivity contribution is 5.87. The fourth-order valence-corrected chi connectivity index (χ4v) is 4.65. The van der Waals surface area contributed by atoms with E-state index in [1.807, 2.05) is 24.3 Å². The predicted molar refractivity (Wildman–Crippen MR) is 132 cm³/mol. The number of hydrogen-bond donors (Lipinski definition) is 2. The van der Waals surface area contributed by atoms with Crippen LogP contribution in [0.3, 0.4) is 0 Å². The number of carbonyl (C=O) groups is 1. The number of rotatable bonds is 8. The van der Waals surface area contributed by atoms with Gasteiger partial charge in [0.2, 0.25) is 17.7 Å². The average molecular weight is 461 g/mol. The quantitative estimate of drug-likeness (QED) is 0.456. The molecule has 3 atom stereocenters. The molecule has 178 valence electrons. The Labute approximate surface area is 200 Å². The van der Waals surface area contributed by atoms with Crippen LogP contribution in [0.4, 0.5) is 11.5 Å². The number of amides is 1. The van der Waals surface area contributed by atoms with Crippen LogP contribution in [0, 0.1) is 23.7 Å². The third-order valence-electron chi connectivity index (χ3n) is 6.49. The van der Waals surface area contributed by atoms with Crippen molar-refractivity contribution >= 4 is 17.4 Å². The third kappa shape index (κ3) is 5.87. The molecule has 1 amide bonds. The van der Waals surface area contributed by atoms with Crippen molar-refractivity contribution < 1.29 is 9.21 Å². The molecule has 4 rings (SSSR count). The Balaban J connectivity index is 1.41. The van der Waals surface area contributed by atoms with Crippen molar-refractivity contribution in [3.05, 3.63) is 60.4 Å². The second-order valence-electron chi connectivity index (χ2n) is 9.36. The molecule has 0 radical (unpaired) electrons. The van der Waals surface area contributed by atoms with Crippen LogP contribution in [0.1, 0.15) is 40.0 Å². The van der Waals surface area contributed by atoms with Crippen LogP contribution in [0.5, 0.6) is 0 Å². The molecule has 3 aromatic heterocycles. The van der Waals surface area contributed by atoms with Gasteiger partial charge in [0, 0.05) is 32.3 Å². The van der Waals surface area contributed by atoms with Gasteiger partial charge in [0.1, 0.15) is 5.82 Å². The minimum absolute atomic E-state index is 0.126. The summed E-state index contributed by atoms with van der Waals surface area (Å²) in [6.45, 7) is 9.10. The highest BCUT2D eigenvalue weighted by atomic mass is 16.4. The second-order valence-corrected chi connectivity index (χ2v) is 9.36. The van der Waals surface area contributed by atoms with Gasteiger partial charge < -0.3 is 15.1 Å². The molecule has 8 nitrogen and oxygen atoms in total. The molecule has 1 aliphatic carbocycles. The van der Waals surface area contributed by atoms with E-state index in [4.69, 9.17) is 4.42 Å². The molecular weight excluding hydrogens is 428 g/mol. The highest BCUT2D eigenvalue weighted by Crippen LogP contribution is 2.39. The number of nitrogens with zero attached hydrogens (tertiary/aromatic N) is 4. The first kappa shape index (κ1) is 23.6. The van der Waals surface area contributed by atoms with Crippen molar-refractivity contribution in [2.45, 2.75) is 40.5 Å². The van der Waals surface area contributed by atoms with Gasteiger partial charge in [0.25, 0.3) is 0 Å². The Morgan fingerprint density at radius 3 is 2.74 bits per heavy atom. The molecule has 3 unspecified atom stereocenters. The van der Waals surface area contributed by atoms with E-state index in [0.29, 0.717) is 41.3 Å². The van der Waals surface area contributed by atoms with Gasteiger partial charge in [-0.1, -0.05) is 25.5 Å². The van der Waals surface area contributed by atoms with Gasteiger partial charge in [-0.05, 0) is 61.3 Å². The lowest BCUT2D eigenvalue weighted by molar-refractivity contribution is -0.114. The lowest BCUT2D eigenvalue weighted by Crippen LogP contribution is -2.32. The number of aromatic nitrogens is 4. The molecule has 34 heavy (non-hydrogen) atoms. The number of anilines is 2. The molecule has 0 saturated heterocycles. The van der Waals surface area contributed by atoms with Gasteiger partial charge in [0.15, 0.2) is 0 Å². The van der Waals surface area contributed by atoms with E-state index in [1.54, 1.807) is 18.6 Å². The highest BCUT2D eigenvalue weighted by Gasteiger charge is 2.32. The third-order valence-corrected chi connectivity index (χ3v) is 6.49. The van der Waals surface area contributed by atoms with E-state index in [9.17, 15) is 4.79 Å². The molecular formula is C26H32N6O2. The van der Waals surface area contributed by atoms with Crippen molar-refractivity contribution in [2.75, 3.05) is 17.2 Å². The largest absolute Gasteiger partial charge is 0.421 e. The molecule has 0 aromatic carbocycles. The summed E-state index contributed by atoms with van der Waals surface area (Å²) in [6.07, 6.45) is 9.45. The summed E-state index contributed by atoms with van der Waals surface area (Å²) in [6, 6.07) is 7.54.